The van der Waals surface area contributed by atoms with Crippen molar-refractivity contribution >= 4 is 39.9 Å². The molecule has 0 aliphatic carbocycles. The van der Waals surface area contributed by atoms with Crippen LogP contribution in [0, 0.1) is 18.3 Å². The lowest BCUT2D eigenvalue weighted by molar-refractivity contribution is -0.138. The number of aliphatic carboxylic acids is 1. The van der Waals surface area contributed by atoms with Crippen molar-refractivity contribution in [2.24, 2.45) is 0 Å². The number of thiazole rings is 1. The molecule has 218 valence electrons. The monoisotopic (exact) mass is 593 g/mol. The lowest BCUT2D eigenvalue weighted by atomic mass is 10.1. The number of hydrogen-bond donors (Lipinski definition) is 1. The maximum absolute atomic E-state index is 11.0. The number of carbonyl (C=O) groups is 1. The van der Waals surface area contributed by atoms with Crippen LogP contribution >= 0.6 is 11.3 Å². The molecule has 12 heteroatoms. The van der Waals surface area contributed by atoms with E-state index in [-0.39, 0.29) is 6.54 Å². The largest absolute Gasteiger partial charge is 0.480 e. The first-order valence-electron chi connectivity index (χ1n) is 14.1. The van der Waals surface area contributed by atoms with Gasteiger partial charge in [0.25, 0.3) is 0 Å². The van der Waals surface area contributed by atoms with Gasteiger partial charge in [-0.05, 0) is 25.5 Å². The molecule has 0 spiro atoms. The smallest absolute Gasteiger partial charge is 0.317 e. The molecule has 0 radical (unpaired) electrons. The second-order valence-electron chi connectivity index (χ2n) is 10.5. The summed E-state index contributed by atoms with van der Waals surface area (Å²) < 4.78 is 2.06. The first kappa shape index (κ1) is 28.3. The van der Waals surface area contributed by atoms with Gasteiger partial charge in [-0.2, -0.15) is 5.26 Å². The van der Waals surface area contributed by atoms with Crippen molar-refractivity contribution < 1.29 is 9.90 Å². The molecule has 1 N–H and O–H groups in total. The van der Waals surface area contributed by atoms with Gasteiger partial charge in [-0.15, -0.1) is 0 Å². The molecule has 0 bridgehead atoms. The SMILES string of the molecule is CCc1nc2ccc(-c3cnc(N4CCN(CC(=O)O)CC4)nc3)cn2c1N(C)c1nc(-c2ccc(C)cc2)c(C#N)s1. The first-order valence-corrected chi connectivity index (χ1v) is 14.9. The van der Waals surface area contributed by atoms with Crippen molar-refractivity contribution in [1.29, 1.82) is 5.26 Å². The Morgan fingerprint density at radius 3 is 2.37 bits per heavy atom. The van der Waals surface area contributed by atoms with E-state index in [2.05, 4.69) is 32.3 Å². The fourth-order valence-electron chi connectivity index (χ4n) is 5.30. The molecule has 0 unspecified atom stereocenters. The summed E-state index contributed by atoms with van der Waals surface area (Å²) >= 11 is 1.37. The molecule has 1 aliphatic heterocycles. The van der Waals surface area contributed by atoms with Crippen molar-refractivity contribution in [3.05, 3.63) is 71.1 Å². The highest BCUT2D eigenvalue weighted by molar-refractivity contribution is 7.16. The van der Waals surface area contributed by atoms with Gasteiger partial charge in [-0.1, -0.05) is 48.1 Å². The van der Waals surface area contributed by atoms with E-state index in [1.165, 1.54) is 11.3 Å². The molecule has 5 heterocycles. The van der Waals surface area contributed by atoms with Crippen molar-refractivity contribution in [3.8, 4) is 28.5 Å². The van der Waals surface area contributed by atoms with Gasteiger partial charge >= 0.3 is 5.97 Å². The van der Waals surface area contributed by atoms with Crippen molar-refractivity contribution in [1.82, 2.24) is 29.2 Å². The predicted octanol–water partition coefficient (Wildman–Crippen LogP) is 4.63. The van der Waals surface area contributed by atoms with Crippen LogP contribution in [0.5, 0.6) is 0 Å². The van der Waals surface area contributed by atoms with Crippen LogP contribution in [0.2, 0.25) is 0 Å². The van der Waals surface area contributed by atoms with Crippen molar-refractivity contribution in [2.45, 2.75) is 20.3 Å². The minimum Gasteiger partial charge on any atom is -0.480 e. The summed E-state index contributed by atoms with van der Waals surface area (Å²) in [5, 5.41) is 19.6. The number of aryl methyl sites for hydroxylation is 2. The fourth-order valence-corrected chi connectivity index (χ4v) is 6.15. The summed E-state index contributed by atoms with van der Waals surface area (Å²) in [4.78, 5) is 36.6. The normalized spacial score (nSPS) is 13.8. The molecule has 0 amide bonds. The van der Waals surface area contributed by atoms with E-state index in [0.717, 1.165) is 45.8 Å². The lowest BCUT2D eigenvalue weighted by Gasteiger charge is -2.33. The van der Waals surface area contributed by atoms with Crippen LogP contribution < -0.4 is 9.80 Å². The third-order valence-electron chi connectivity index (χ3n) is 7.63. The molecular weight excluding hydrogens is 562 g/mol. The second kappa shape index (κ2) is 11.8. The minimum atomic E-state index is -0.810. The van der Waals surface area contributed by atoms with Gasteiger partial charge in [-0.3, -0.25) is 14.1 Å². The lowest BCUT2D eigenvalue weighted by Crippen LogP contribution is -2.48. The second-order valence-corrected chi connectivity index (χ2v) is 11.5. The highest BCUT2D eigenvalue weighted by atomic mass is 32.1. The Morgan fingerprint density at radius 1 is 1.02 bits per heavy atom. The Balaban J connectivity index is 1.29. The molecule has 1 saturated heterocycles. The average molecular weight is 594 g/mol. The highest BCUT2D eigenvalue weighted by Gasteiger charge is 2.23. The molecule has 1 aromatic carbocycles. The molecule has 4 aromatic heterocycles. The number of rotatable bonds is 8. The maximum Gasteiger partial charge on any atom is 0.317 e. The van der Waals surface area contributed by atoms with Gasteiger partial charge in [0.1, 0.15) is 28.1 Å². The zero-order chi connectivity index (χ0) is 30.1. The minimum absolute atomic E-state index is 0.0528. The van der Waals surface area contributed by atoms with Gasteiger partial charge in [0.2, 0.25) is 5.95 Å². The van der Waals surface area contributed by atoms with Crippen LogP contribution in [0.4, 0.5) is 16.9 Å². The Kier molecular flexibility index (Phi) is 7.75. The fraction of sp³-hybridized carbons (Fsp3) is 0.290. The van der Waals surface area contributed by atoms with Gasteiger partial charge in [0.05, 0.1) is 12.2 Å². The quantitative estimate of drug-likeness (QED) is 0.272. The number of imidazole rings is 1. The molecule has 6 rings (SSSR count). The molecule has 1 aliphatic rings. The van der Waals surface area contributed by atoms with E-state index in [4.69, 9.17) is 15.1 Å². The Labute approximate surface area is 253 Å². The number of pyridine rings is 1. The van der Waals surface area contributed by atoms with E-state index in [1.54, 1.807) is 0 Å². The summed E-state index contributed by atoms with van der Waals surface area (Å²) in [7, 11) is 1.96. The van der Waals surface area contributed by atoms with Crippen molar-refractivity contribution in [2.75, 3.05) is 49.6 Å². The number of piperazine rings is 1. The number of aromatic nitrogens is 5. The summed E-state index contributed by atoms with van der Waals surface area (Å²) in [6.07, 6.45) is 6.41. The maximum atomic E-state index is 11.0. The number of nitriles is 1. The molecule has 0 atom stereocenters. The molecule has 1 fully saturated rings. The van der Waals surface area contributed by atoms with E-state index in [1.807, 2.05) is 78.8 Å². The summed E-state index contributed by atoms with van der Waals surface area (Å²) in [5.41, 5.74) is 6.31. The van der Waals surface area contributed by atoms with Crippen LogP contribution in [0.25, 0.3) is 28.0 Å². The number of carboxylic acid groups (broad SMARTS) is 1. The molecule has 0 saturated carbocycles. The number of benzene rings is 1. The summed E-state index contributed by atoms with van der Waals surface area (Å²) in [6, 6.07) is 14.4. The number of nitrogens with zero attached hydrogens (tertiary/aromatic N) is 9. The third kappa shape index (κ3) is 5.64. The van der Waals surface area contributed by atoms with Crippen LogP contribution in [-0.4, -0.2) is 80.1 Å². The number of fused-ring (bicyclic) bond motifs is 1. The van der Waals surface area contributed by atoms with Gasteiger partial charge in [-0.25, -0.2) is 19.9 Å². The number of carboxylic acids is 1. The summed E-state index contributed by atoms with van der Waals surface area (Å²) in [6.45, 7) is 6.84. The van der Waals surface area contributed by atoms with E-state index >= 15 is 0 Å². The number of hydrogen-bond acceptors (Lipinski definition) is 10. The molecule has 5 aromatic rings. The van der Waals surface area contributed by atoms with Gasteiger partial charge < -0.3 is 14.9 Å². The topological polar surface area (TPSA) is 127 Å². The van der Waals surface area contributed by atoms with E-state index < -0.39 is 5.97 Å². The van der Waals surface area contributed by atoms with Gasteiger partial charge in [0.15, 0.2) is 5.13 Å². The predicted molar refractivity (Wildman–Crippen MR) is 167 cm³/mol. The van der Waals surface area contributed by atoms with E-state index in [0.29, 0.717) is 47.8 Å². The first-order chi connectivity index (χ1) is 20.8. The zero-order valence-electron chi connectivity index (χ0n) is 24.2. The average Bonchev–Trinajstić information content (AvgIpc) is 3.63. The Hall–Kier alpha value is -4.86. The third-order valence-corrected chi connectivity index (χ3v) is 8.67. The molecular formula is C31H31N9O2S. The van der Waals surface area contributed by atoms with Crippen molar-refractivity contribution in [3.63, 3.8) is 0 Å². The molecule has 11 nitrogen and oxygen atoms in total. The van der Waals surface area contributed by atoms with Crippen LogP contribution in [0.15, 0.2) is 55.0 Å². The Bertz CT molecular complexity index is 1820. The highest BCUT2D eigenvalue weighted by Crippen LogP contribution is 2.37. The van der Waals surface area contributed by atoms with E-state index in [9.17, 15) is 10.1 Å². The number of anilines is 3. The summed E-state index contributed by atoms with van der Waals surface area (Å²) in [5.74, 6) is 0.720. The van der Waals surface area contributed by atoms with Crippen LogP contribution in [0.3, 0.4) is 0 Å². The molecule has 43 heavy (non-hydrogen) atoms. The van der Waals surface area contributed by atoms with Gasteiger partial charge in [0, 0.05) is 68.5 Å². The van der Waals surface area contributed by atoms with Crippen LogP contribution in [0.1, 0.15) is 23.1 Å². The van der Waals surface area contributed by atoms with Crippen LogP contribution in [-0.2, 0) is 11.2 Å². The zero-order valence-corrected chi connectivity index (χ0v) is 25.0. The standard InChI is InChI=1S/C31H31N9O2S/c1-4-24-29(37(3)31-36-28(25(15-32)43-31)21-7-5-20(2)6-8-21)40-18-22(9-10-26(40)35-24)23-16-33-30(34-17-23)39-13-11-38(12-14-39)19-27(41)42/h5-10,16-18H,4,11-14,19H2,1-3H3,(H,41,42). The Morgan fingerprint density at radius 2 is 1.72 bits per heavy atom.